The Bertz CT molecular complexity index is 1170. The van der Waals surface area contributed by atoms with Gasteiger partial charge in [-0.25, -0.2) is 19.4 Å². The third-order valence-corrected chi connectivity index (χ3v) is 7.35. The molecule has 9 heteroatoms. The van der Waals surface area contributed by atoms with Gasteiger partial charge in [0.25, 0.3) is 0 Å². The summed E-state index contributed by atoms with van der Waals surface area (Å²) in [4.78, 5) is 24.7. The minimum atomic E-state index is -0.144. The van der Waals surface area contributed by atoms with Gasteiger partial charge in [-0.05, 0) is 56.9 Å². The lowest BCUT2D eigenvalue weighted by Gasteiger charge is -2.36. The number of hydrogen-bond acceptors (Lipinski definition) is 6. The molecule has 178 valence electrons. The van der Waals surface area contributed by atoms with Crippen LogP contribution in [0.4, 0.5) is 16.3 Å². The first-order valence-electron chi connectivity index (χ1n) is 12.5. The van der Waals surface area contributed by atoms with Gasteiger partial charge in [-0.1, -0.05) is 12.8 Å². The molecule has 2 N–H and O–H groups in total. The first-order valence-corrected chi connectivity index (χ1v) is 12.5. The van der Waals surface area contributed by atoms with Gasteiger partial charge in [0.2, 0.25) is 0 Å². The molecule has 1 aliphatic carbocycles. The average molecular weight is 462 g/mol. The van der Waals surface area contributed by atoms with Crippen LogP contribution in [0.15, 0.2) is 30.5 Å². The lowest BCUT2D eigenvalue weighted by atomic mass is 10.1. The fraction of sp³-hybridized carbons (Fsp3) is 0.520. The molecular weight excluding hydrogens is 430 g/mol. The van der Waals surface area contributed by atoms with Gasteiger partial charge in [0.05, 0.1) is 36.9 Å². The minimum Gasteiger partial charge on any atom is -0.377 e. The predicted octanol–water partition coefficient (Wildman–Crippen LogP) is 3.94. The summed E-state index contributed by atoms with van der Waals surface area (Å²) in [5.41, 5.74) is 2.52. The summed E-state index contributed by atoms with van der Waals surface area (Å²) in [6.45, 7) is 4.29. The number of urea groups is 1. The molecule has 34 heavy (non-hydrogen) atoms. The highest BCUT2D eigenvalue weighted by Gasteiger charge is 2.39. The Morgan fingerprint density at radius 2 is 1.79 bits per heavy atom. The SMILES string of the molecule is CCn1ncc2c(N3C4CCC3COC4)nc(-c3ccc(NC(=O)NC4CCCC4)cc3)nc21. The van der Waals surface area contributed by atoms with Gasteiger partial charge in [0.15, 0.2) is 11.5 Å². The van der Waals surface area contributed by atoms with Crippen molar-refractivity contribution >= 4 is 28.6 Å². The van der Waals surface area contributed by atoms with E-state index in [2.05, 4.69) is 27.6 Å². The van der Waals surface area contributed by atoms with Crippen LogP contribution in [0.3, 0.4) is 0 Å². The summed E-state index contributed by atoms with van der Waals surface area (Å²) in [5.74, 6) is 1.62. The lowest BCUT2D eigenvalue weighted by molar-refractivity contribution is 0.0904. The van der Waals surface area contributed by atoms with E-state index in [4.69, 9.17) is 14.7 Å². The van der Waals surface area contributed by atoms with E-state index in [9.17, 15) is 4.79 Å². The van der Waals surface area contributed by atoms with Crippen molar-refractivity contribution < 1.29 is 9.53 Å². The Morgan fingerprint density at radius 1 is 1.06 bits per heavy atom. The Morgan fingerprint density at radius 3 is 2.50 bits per heavy atom. The molecule has 2 bridgehead atoms. The largest absolute Gasteiger partial charge is 0.377 e. The van der Waals surface area contributed by atoms with E-state index < -0.39 is 0 Å². The number of amides is 2. The van der Waals surface area contributed by atoms with Gasteiger partial charge >= 0.3 is 6.03 Å². The molecule has 2 aliphatic heterocycles. The zero-order valence-corrected chi connectivity index (χ0v) is 19.5. The number of hydrogen-bond donors (Lipinski definition) is 2. The second-order valence-corrected chi connectivity index (χ2v) is 9.56. The maximum absolute atomic E-state index is 12.3. The Kier molecular flexibility index (Phi) is 5.57. The third kappa shape index (κ3) is 3.87. The smallest absolute Gasteiger partial charge is 0.319 e. The van der Waals surface area contributed by atoms with Crippen LogP contribution >= 0.6 is 0 Å². The summed E-state index contributed by atoms with van der Waals surface area (Å²) in [7, 11) is 0. The number of nitrogens with one attached hydrogen (secondary N) is 2. The van der Waals surface area contributed by atoms with Crippen LogP contribution in [-0.4, -0.2) is 57.1 Å². The number of carbonyl (C=O) groups is 1. The van der Waals surface area contributed by atoms with Crippen LogP contribution in [0.1, 0.15) is 45.4 Å². The molecule has 3 aromatic rings. The zero-order valence-electron chi connectivity index (χ0n) is 19.5. The molecule has 2 saturated heterocycles. The topological polar surface area (TPSA) is 97.2 Å². The van der Waals surface area contributed by atoms with E-state index in [-0.39, 0.29) is 12.1 Å². The van der Waals surface area contributed by atoms with Crippen molar-refractivity contribution in [2.24, 2.45) is 0 Å². The summed E-state index contributed by atoms with van der Waals surface area (Å²) in [6, 6.07) is 8.59. The highest BCUT2D eigenvalue weighted by atomic mass is 16.5. The number of ether oxygens (including phenoxy) is 1. The number of benzene rings is 1. The van der Waals surface area contributed by atoms with Crippen molar-refractivity contribution in [3.63, 3.8) is 0 Å². The Balaban J connectivity index is 1.30. The third-order valence-electron chi connectivity index (χ3n) is 7.35. The summed E-state index contributed by atoms with van der Waals surface area (Å²) >= 11 is 0. The number of aryl methyl sites for hydroxylation is 1. The minimum absolute atomic E-state index is 0.144. The van der Waals surface area contributed by atoms with E-state index in [1.807, 2.05) is 35.1 Å². The molecule has 1 saturated carbocycles. The van der Waals surface area contributed by atoms with Crippen LogP contribution in [0.25, 0.3) is 22.4 Å². The first-order chi connectivity index (χ1) is 16.7. The lowest BCUT2D eigenvalue weighted by Crippen LogP contribution is -2.46. The molecule has 2 atom stereocenters. The van der Waals surface area contributed by atoms with Crippen molar-refractivity contribution in [3.8, 4) is 11.4 Å². The molecule has 3 aliphatic rings. The average Bonchev–Trinajstić information content (AvgIpc) is 3.57. The van der Waals surface area contributed by atoms with Gasteiger partial charge in [-0.3, -0.25) is 0 Å². The molecular formula is C25H31N7O2. The summed E-state index contributed by atoms with van der Waals surface area (Å²) < 4.78 is 7.73. The van der Waals surface area contributed by atoms with Crippen LogP contribution < -0.4 is 15.5 Å². The fourth-order valence-electron chi connectivity index (χ4n) is 5.60. The molecule has 9 nitrogen and oxygen atoms in total. The molecule has 2 amide bonds. The molecule has 4 heterocycles. The van der Waals surface area contributed by atoms with Gasteiger partial charge in [-0.15, -0.1) is 0 Å². The highest BCUT2D eigenvalue weighted by Crippen LogP contribution is 2.37. The molecule has 2 unspecified atom stereocenters. The van der Waals surface area contributed by atoms with E-state index in [0.717, 1.165) is 73.5 Å². The van der Waals surface area contributed by atoms with Gasteiger partial charge in [-0.2, -0.15) is 5.10 Å². The number of rotatable bonds is 5. The van der Waals surface area contributed by atoms with Crippen molar-refractivity contribution in [1.82, 2.24) is 25.1 Å². The van der Waals surface area contributed by atoms with Crippen molar-refractivity contribution in [2.75, 3.05) is 23.4 Å². The number of anilines is 2. The second kappa shape index (κ2) is 8.87. The number of fused-ring (bicyclic) bond motifs is 3. The molecule has 0 radical (unpaired) electrons. The fourth-order valence-corrected chi connectivity index (χ4v) is 5.60. The monoisotopic (exact) mass is 461 g/mol. The van der Waals surface area contributed by atoms with Gasteiger partial charge in [0, 0.05) is 23.8 Å². The van der Waals surface area contributed by atoms with Crippen LogP contribution in [0, 0.1) is 0 Å². The molecule has 2 aromatic heterocycles. The first kappa shape index (κ1) is 21.3. The predicted molar refractivity (Wildman–Crippen MR) is 131 cm³/mol. The highest BCUT2D eigenvalue weighted by molar-refractivity contribution is 5.91. The van der Waals surface area contributed by atoms with Crippen molar-refractivity contribution in [3.05, 3.63) is 30.5 Å². The van der Waals surface area contributed by atoms with Gasteiger partial charge < -0.3 is 20.3 Å². The molecule has 0 spiro atoms. The Labute approximate surface area is 198 Å². The van der Waals surface area contributed by atoms with Gasteiger partial charge in [0.1, 0.15) is 5.82 Å². The quantitative estimate of drug-likeness (QED) is 0.597. The van der Waals surface area contributed by atoms with Crippen molar-refractivity contribution in [2.45, 2.75) is 70.1 Å². The van der Waals surface area contributed by atoms with E-state index in [1.165, 1.54) is 12.8 Å². The van der Waals surface area contributed by atoms with Crippen LogP contribution in [0.2, 0.25) is 0 Å². The second-order valence-electron chi connectivity index (χ2n) is 9.56. The number of nitrogens with zero attached hydrogens (tertiary/aromatic N) is 5. The Hall–Kier alpha value is -3.20. The van der Waals surface area contributed by atoms with E-state index in [0.29, 0.717) is 17.9 Å². The zero-order chi connectivity index (χ0) is 23.1. The molecule has 1 aromatic carbocycles. The molecule has 3 fully saturated rings. The van der Waals surface area contributed by atoms with Crippen LogP contribution in [-0.2, 0) is 11.3 Å². The summed E-state index contributed by atoms with van der Waals surface area (Å²) in [6.07, 6.45) is 8.64. The van der Waals surface area contributed by atoms with Crippen molar-refractivity contribution in [1.29, 1.82) is 0 Å². The normalized spacial score (nSPS) is 22.4. The van der Waals surface area contributed by atoms with E-state index in [1.54, 1.807) is 0 Å². The standard InChI is InChI=1S/C25H31N7O2/c1-2-31-23-21(13-26-31)24(32-19-11-12-20(32)15-34-14-19)30-22(29-23)16-7-9-18(10-8-16)28-25(33)27-17-5-3-4-6-17/h7-10,13,17,19-20H,2-6,11-12,14-15H2,1H3,(H2,27,28,33). The number of morpholine rings is 1. The molecule has 6 rings (SSSR count). The summed E-state index contributed by atoms with van der Waals surface area (Å²) in [5, 5.41) is 11.6. The number of aromatic nitrogens is 4. The maximum Gasteiger partial charge on any atom is 0.319 e. The van der Waals surface area contributed by atoms with E-state index >= 15 is 0 Å². The number of carbonyl (C=O) groups excluding carboxylic acids is 1. The maximum atomic E-state index is 12.3. The van der Waals surface area contributed by atoms with Crippen LogP contribution in [0.5, 0.6) is 0 Å².